The summed E-state index contributed by atoms with van der Waals surface area (Å²) in [6, 6.07) is 13.2. The smallest absolute Gasteiger partial charge is 0.169 e. The van der Waals surface area contributed by atoms with E-state index < -0.39 is 0 Å². The van der Waals surface area contributed by atoms with Crippen molar-refractivity contribution < 1.29 is 9.47 Å². The van der Waals surface area contributed by atoms with Crippen LogP contribution in [-0.2, 0) is 0 Å². The number of hydrogen-bond acceptors (Lipinski definition) is 4. The summed E-state index contributed by atoms with van der Waals surface area (Å²) in [4.78, 5) is 4.09. The van der Waals surface area contributed by atoms with Crippen LogP contribution in [0.15, 0.2) is 54.9 Å². The molecular weight excluding hydrogens is 264 g/mol. The van der Waals surface area contributed by atoms with E-state index in [1.807, 2.05) is 49.4 Å². The van der Waals surface area contributed by atoms with Crippen molar-refractivity contribution in [1.82, 2.24) is 4.98 Å². The van der Waals surface area contributed by atoms with Crippen molar-refractivity contribution in [3.8, 4) is 17.2 Å². The maximum atomic E-state index is 6.20. The summed E-state index contributed by atoms with van der Waals surface area (Å²) in [5.41, 5.74) is 6.80. The molecule has 106 valence electrons. The highest BCUT2D eigenvalue weighted by atomic mass is 16.5. The Morgan fingerprint density at radius 2 is 1.81 bits per heavy atom. The van der Waals surface area contributed by atoms with Crippen LogP contribution in [0.2, 0.25) is 0 Å². The Labute approximate surface area is 123 Å². The highest BCUT2D eigenvalue weighted by Gasteiger charge is 2.09. The van der Waals surface area contributed by atoms with E-state index in [1.54, 1.807) is 12.4 Å². The molecule has 0 aliphatic carbocycles. The molecule has 0 aliphatic heterocycles. The van der Waals surface area contributed by atoms with Gasteiger partial charge < -0.3 is 15.2 Å². The van der Waals surface area contributed by atoms with Crippen LogP contribution in [-0.4, -0.2) is 11.6 Å². The number of aromatic nitrogens is 1. The molecule has 0 unspecified atom stereocenters. The second kappa shape index (κ2) is 5.71. The molecule has 0 spiro atoms. The van der Waals surface area contributed by atoms with Crippen LogP contribution >= 0.6 is 0 Å². The number of hydrogen-bond donors (Lipinski definition) is 1. The molecule has 21 heavy (non-hydrogen) atoms. The van der Waals surface area contributed by atoms with Crippen molar-refractivity contribution in [2.45, 2.75) is 6.92 Å². The highest BCUT2D eigenvalue weighted by molar-refractivity contribution is 5.95. The van der Waals surface area contributed by atoms with Crippen LogP contribution in [0, 0.1) is 0 Å². The molecular formula is C17H16N2O2. The standard InChI is InChI=1S/C17H16N2O2/c1-2-20-14-5-3-4-6-15(14)21-16-8-7-12-11-19-10-9-13(12)17(16)18/h3-11H,2,18H2,1H3. The fourth-order valence-corrected chi connectivity index (χ4v) is 2.19. The summed E-state index contributed by atoms with van der Waals surface area (Å²) in [5, 5.41) is 1.91. The highest BCUT2D eigenvalue weighted by Crippen LogP contribution is 2.37. The molecule has 0 aliphatic rings. The normalized spacial score (nSPS) is 10.5. The van der Waals surface area contributed by atoms with Crippen molar-refractivity contribution in [2.75, 3.05) is 12.3 Å². The van der Waals surface area contributed by atoms with E-state index in [4.69, 9.17) is 15.2 Å². The van der Waals surface area contributed by atoms with Gasteiger partial charge in [0.1, 0.15) is 0 Å². The van der Waals surface area contributed by atoms with Gasteiger partial charge >= 0.3 is 0 Å². The van der Waals surface area contributed by atoms with Crippen molar-refractivity contribution in [2.24, 2.45) is 0 Å². The van der Waals surface area contributed by atoms with E-state index in [2.05, 4.69) is 4.98 Å². The number of nitrogens with zero attached hydrogens (tertiary/aromatic N) is 1. The van der Waals surface area contributed by atoms with Gasteiger partial charge in [-0.15, -0.1) is 0 Å². The molecule has 4 nitrogen and oxygen atoms in total. The molecule has 0 bridgehead atoms. The van der Waals surface area contributed by atoms with E-state index in [-0.39, 0.29) is 0 Å². The third-order valence-corrected chi connectivity index (χ3v) is 3.19. The average Bonchev–Trinajstić information content (AvgIpc) is 2.52. The lowest BCUT2D eigenvalue weighted by Crippen LogP contribution is -1.97. The monoisotopic (exact) mass is 280 g/mol. The van der Waals surface area contributed by atoms with Crippen LogP contribution in [0.4, 0.5) is 5.69 Å². The van der Waals surface area contributed by atoms with E-state index in [0.29, 0.717) is 29.5 Å². The first kappa shape index (κ1) is 13.2. The molecule has 0 fully saturated rings. The number of para-hydroxylation sites is 2. The van der Waals surface area contributed by atoms with Gasteiger partial charge in [-0.25, -0.2) is 0 Å². The molecule has 1 heterocycles. The second-order valence-corrected chi connectivity index (χ2v) is 4.56. The number of anilines is 1. The Bertz CT molecular complexity index is 772. The predicted octanol–water partition coefficient (Wildman–Crippen LogP) is 4.01. The molecule has 2 N–H and O–H groups in total. The number of pyridine rings is 1. The molecule has 0 saturated carbocycles. The first-order chi connectivity index (χ1) is 10.3. The summed E-state index contributed by atoms with van der Waals surface area (Å²) in [7, 11) is 0. The van der Waals surface area contributed by atoms with Gasteiger partial charge in [-0.3, -0.25) is 4.98 Å². The van der Waals surface area contributed by atoms with Gasteiger partial charge in [0.25, 0.3) is 0 Å². The SMILES string of the molecule is CCOc1ccccc1Oc1ccc2cnccc2c1N. The van der Waals surface area contributed by atoms with Crippen molar-refractivity contribution in [1.29, 1.82) is 0 Å². The van der Waals surface area contributed by atoms with Gasteiger partial charge in [-0.2, -0.15) is 0 Å². The lowest BCUT2D eigenvalue weighted by molar-refractivity contribution is 0.321. The van der Waals surface area contributed by atoms with Crippen LogP contribution in [0.5, 0.6) is 17.2 Å². The fraction of sp³-hybridized carbons (Fsp3) is 0.118. The van der Waals surface area contributed by atoms with Gasteiger partial charge in [0.05, 0.1) is 12.3 Å². The van der Waals surface area contributed by atoms with Crippen molar-refractivity contribution >= 4 is 16.5 Å². The molecule has 4 heteroatoms. The van der Waals surface area contributed by atoms with Crippen LogP contribution in [0.25, 0.3) is 10.8 Å². The van der Waals surface area contributed by atoms with Crippen LogP contribution in [0.1, 0.15) is 6.92 Å². The third kappa shape index (κ3) is 2.60. The van der Waals surface area contributed by atoms with E-state index in [0.717, 1.165) is 10.8 Å². The number of benzene rings is 2. The van der Waals surface area contributed by atoms with E-state index in [9.17, 15) is 0 Å². The lowest BCUT2D eigenvalue weighted by Gasteiger charge is -2.13. The summed E-state index contributed by atoms with van der Waals surface area (Å²) < 4.78 is 11.5. The van der Waals surface area contributed by atoms with Gasteiger partial charge in [-0.05, 0) is 37.3 Å². The Balaban J connectivity index is 2.00. The average molecular weight is 280 g/mol. The minimum Gasteiger partial charge on any atom is -0.490 e. The molecule has 0 atom stereocenters. The van der Waals surface area contributed by atoms with E-state index >= 15 is 0 Å². The third-order valence-electron chi connectivity index (χ3n) is 3.19. The number of fused-ring (bicyclic) bond motifs is 1. The summed E-state index contributed by atoms with van der Waals surface area (Å²) in [6.07, 6.45) is 3.50. The Kier molecular flexibility index (Phi) is 3.60. The maximum Gasteiger partial charge on any atom is 0.169 e. The summed E-state index contributed by atoms with van der Waals surface area (Å²) in [6.45, 7) is 2.52. The quantitative estimate of drug-likeness (QED) is 0.734. The summed E-state index contributed by atoms with van der Waals surface area (Å²) in [5.74, 6) is 1.97. The summed E-state index contributed by atoms with van der Waals surface area (Å²) >= 11 is 0. The van der Waals surface area contributed by atoms with Gasteiger partial charge in [0.2, 0.25) is 0 Å². The zero-order valence-corrected chi connectivity index (χ0v) is 11.7. The largest absolute Gasteiger partial charge is 0.490 e. The Morgan fingerprint density at radius 3 is 2.62 bits per heavy atom. The molecule has 0 radical (unpaired) electrons. The first-order valence-corrected chi connectivity index (χ1v) is 6.81. The fourth-order valence-electron chi connectivity index (χ4n) is 2.19. The van der Waals surface area contributed by atoms with Crippen LogP contribution < -0.4 is 15.2 Å². The number of nitrogen functional groups attached to an aromatic ring is 1. The number of rotatable bonds is 4. The molecule has 3 aromatic rings. The van der Waals surface area contributed by atoms with Crippen molar-refractivity contribution in [3.63, 3.8) is 0 Å². The van der Waals surface area contributed by atoms with E-state index in [1.165, 1.54) is 0 Å². The maximum absolute atomic E-state index is 6.20. The molecule has 2 aromatic carbocycles. The van der Waals surface area contributed by atoms with Gasteiger partial charge in [0, 0.05) is 23.2 Å². The van der Waals surface area contributed by atoms with Gasteiger partial charge in [0.15, 0.2) is 17.2 Å². The predicted molar refractivity (Wildman–Crippen MR) is 83.8 cm³/mol. The van der Waals surface area contributed by atoms with Crippen LogP contribution in [0.3, 0.4) is 0 Å². The number of nitrogens with two attached hydrogens (primary N) is 1. The molecule has 0 saturated heterocycles. The Morgan fingerprint density at radius 1 is 1.00 bits per heavy atom. The molecule has 0 amide bonds. The Hall–Kier alpha value is -2.75. The lowest BCUT2D eigenvalue weighted by atomic mass is 10.1. The topological polar surface area (TPSA) is 57.4 Å². The first-order valence-electron chi connectivity index (χ1n) is 6.81. The zero-order valence-electron chi connectivity index (χ0n) is 11.7. The molecule has 3 rings (SSSR count). The number of ether oxygens (including phenoxy) is 2. The van der Waals surface area contributed by atoms with Crippen molar-refractivity contribution in [3.05, 3.63) is 54.9 Å². The molecule has 1 aromatic heterocycles. The minimum atomic E-state index is 0.583. The zero-order chi connectivity index (χ0) is 14.7. The second-order valence-electron chi connectivity index (χ2n) is 4.56. The minimum absolute atomic E-state index is 0.583. The van der Waals surface area contributed by atoms with Gasteiger partial charge in [-0.1, -0.05) is 12.1 Å².